The first-order chi connectivity index (χ1) is 13.7. The summed E-state index contributed by atoms with van der Waals surface area (Å²) >= 11 is 0. The second kappa shape index (κ2) is 5.40. The van der Waals surface area contributed by atoms with Gasteiger partial charge in [0.05, 0.1) is 11.0 Å². The molecule has 0 fully saturated rings. The van der Waals surface area contributed by atoms with E-state index in [1.54, 1.807) is 4.68 Å². The maximum Gasteiger partial charge on any atom is 0.0704 e. The fourth-order valence-corrected chi connectivity index (χ4v) is 4.52. The zero-order chi connectivity index (χ0) is 18.8. The summed E-state index contributed by atoms with van der Waals surface area (Å²) in [4.78, 5) is 0. The number of nitrogens with zero attached hydrogens (tertiary/aromatic N) is 2. The van der Waals surface area contributed by atoms with E-state index in [2.05, 4.69) is 90.5 Å². The third-order valence-corrected chi connectivity index (χ3v) is 5.96. The molecule has 3 nitrogen and oxygen atoms in total. The molecule has 0 atom stereocenters. The van der Waals surface area contributed by atoms with Crippen LogP contribution < -0.4 is 5.84 Å². The molecule has 3 heteroatoms. The van der Waals surface area contributed by atoms with Gasteiger partial charge in [0.1, 0.15) is 0 Å². The van der Waals surface area contributed by atoms with Gasteiger partial charge in [0.25, 0.3) is 0 Å². The number of benzene rings is 4. The van der Waals surface area contributed by atoms with Gasteiger partial charge in [-0.25, -0.2) is 0 Å². The zero-order valence-corrected chi connectivity index (χ0v) is 15.6. The summed E-state index contributed by atoms with van der Waals surface area (Å²) in [5.41, 5.74) is 7.04. The summed E-state index contributed by atoms with van der Waals surface area (Å²) in [5.74, 6) is 6.31. The average Bonchev–Trinajstić information content (AvgIpc) is 3.20. The van der Waals surface area contributed by atoms with Gasteiger partial charge in [0.2, 0.25) is 0 Å². The largest absolute Gasteiger partial charge is 0.344 e. The van der Waals surface area contributed by atoms with Crippen LogP contribution in [0, 0.1) is 0 Å². The van der Waals surface area contributed by atoms with E-state index >= 15 is 0 Å². The van der Waals surface area contributed by atoms with Gasteiger partial charge in [-0.15, -0.1) is 0 Å². The molecule has 0 aliphatic heterocycles. The number of para-hydroxylation sites is 2. The van der Waals surface area contributed by atoms with E-state index in [-0.39, 0.29) is 0 Å². The van der Waals surface area contributed by atoms with Gasteiger partial charge in [-0.3, -0.25) is 4.68 Å². The molecule has 0 saturated heterocycles. The summed E-state index contributed by atoms with van der Waals surface area (Å²) in [6.45, 7) is 0. The average molecular weight is 361 g/mol. The van der Waals surface area contributed by atoms with Crippen LogP contribution in [0.3, 0.4) is 0 Å². The van der Waals surface area contributed by atoms with Crippen molar-refractivity contribution >= 4 is 43.6 Å². The molecule has 6 aromatic rings. The number of aryl methyl sites for hydroxylation is 1. The van der Waals surface area contributed by atoms with Crippen LogP contribution in [-0.4, -0.2) is 9.24 Å². The van der Waals surface area contributed by atoms with E-state index < -0.39 is 0 Å². The van der Waals surface area contributed by atoms with Crippen LogP contribution in [0.2, 0.25) is 0 Å². The Morgan fingerprint density at radius 3 is 1.93 bits per heavy atom. The van der Waals surface area contributed by atoms with Crippen LogP contribution >= 0.6 is 0 Å². The maximum atomic E-state index is 6.31. The minimum Gasteiger partial charge on any atom is -0.344 e. The van der Waals surface area contributed by atoms with Gasteiger partial charge in [0.15, 0.2) is 0 Å². The predicted molar refractivity (Wildman–Crippen MR) is 119 cm³/mol. The Labute approximate surface area is 162 Å². The molecule has 0 aliphatic carbocycles. The molecule has 0 unspecified atom stereocenters. The molecule has 4 aromatic carbocycles. The third-order valence-electron chi connectivity index (χ3n) is 5.96. The highest BCUT2D eigenvalue weighted by Gasteiger charge is 2.12. The van der Waals surface area contributed by atoms with E-state index in [0.29, 0.717) is 0 Å². The number of nitrogen functional groups attached to an aromatic ring is 1. The Kier molecular flexibility index (Phi) is 2.96. The molecule has 0 bridgehead atoms. The molecule has 6 rings (SSSR count). The van der Waals surface area contributed by atoms with Crippen molar-refractivity contribution in [2.45, 2.75) is 0 Å². The van der Waals surface area contributed by atoms with Gasteiger partial charge >= 0.3 is 0 Å². The lowest BCUT2D eigenvalue weighted by Crippen LogP contribution is -2.06. The molecule has 2 heterocycles. The van der Waals surface area contributed by atoms with Crippen LogP contribution in [0.15, 0.2) is 84.9 Å². The second-order valence-corrected chi connectivity index (χ2v) is 7.43. The lowest BCUT2D eigenvalue weighted by molar-refractivity contribution is 1.01. The van der Waals surface area contributed by atoms with Crippen LogP contribution in [0.4, 0.5) is 0 Å². The number of rotatable bonds is 1. The van der Waals surface area contributed by atoms with Crippen molar-refractivity contribution < 1.29 is 0 Å². The first-order valence-corrected chi connectivity index (χ1v) is 9.48. The molecule has 134 valence electrons. The Morgan fingerprint density at radius 1 is 0.536 bits per heavy atom. The molecule has 0 saturated carbocycles. The molecule has 0 aliphatic rings. The number of aromatic nitrogens is 2. The topological polar surface area (TPSA) is 35.9 Å². The Balaban J connectivity index is 1.62. The molecule has 0 radical (unpaired) electrons. The van der Waals surface area contributed by atoms with E-state index in [0.717, 1.165) is 11.0 Å². The number of nitrogens with two attached hydrogens (primary N) is 1. The van der Waals surface area contributed by atoms with Gasteiger partial charge in [-0.1, -0.05) is 54.6 Å². The van der Waals surface area contributed by atoms with Crippen molar-refractivity contribution in [3.63, 3.8) is 0 Å². The third kappa shape index (κ3) is 1.93. The highest BCUT2D eigenvalue weighted by molar-refractivity contribution is 6.11. The first kappa shape index (κ1) is 15.3. The smallest absolute Gasteiger partial charge is 0.0704 e. The number of hydrogen-bond acceptors (Lipinski definition) is 1. The summed E-state index contributed by atoms with van der Waals surface area (Å²) < 4.78 is 4.06. The van der Waals surface area contributed by atoms with Gasteiger partial charge in [-0.2, -0.15) is 0 Å². The van der Waals surface area contributed by atoms with Crippen molar-refractivity contribution in [2.75, 3.05) is 5.84 Å². The minimum atomic E-state index is 1.05. The van der Waals surface area contributed by atoms with Gasteiger partial charge in [-0.05, 0) is 41.5 Å². The van der Waals surface area contributed by atoms with Crippen molar-refractivity contribution in [3.05, 3.63) is 84.9 Å². The fourth-order valence-electron chi connectivity index (χ4n) is 4.52. The Hall–Kier alpha value is -3.72. The SMILES string of the molecule is Cn1c2ccccc2c2ccc(-c3ccc4c(c3)c3ccccc3n4N)cc21. The second-order valence-electron chi connectivity index (χ2n) is 7.43. The Morgan fingerprint density at radius 2 is 1.11 bits per heavy atom. The lowest BCUT2D eigenvalue weighted by Gasteiger charge is -2.05. The zero-order valence-electron chi connectivity index (χ0n) is 15.6. The quantitative estimate of drug-likeness (QED) is 0.368. The highest BCUT2D eigenvalue weighted by atomic mass is 15.3. The van der Waals surface area contributed by atoms with Gasteiger partial charge in [0, 0.05) is 39.6 Å². The molecule has 0 amide bonds. The molecular formula is C25H19N3. The van der Waals surface area contributed by atoms with Crippen molar-refractivity contribution in [1.82, 2.24) is 9.24 Å². The van der Waals surface area contributed by atoms with E-state index in [1.165, 1.54) is 43.7 Å². The molecular weight excluding hydrogens is 342 g/mol. The molecule has 2 aromatic heterocycles. The summed E-state index contributed by atoms with van der Waals surface area (Å²) in [5, 5.41) is 4.97. The lowest BCUT2D eigenvalue weighted by atomic mass is 10.0. The minimum absolute atomic E-state index is 1.05. The Bertz CT molecular complexity index is 1530. The van der Waals surface area contributed by atoms with E-state index in [9.17, 15) is 0 Å². The summed E-state index contributed by atoms with van der Waals surface area (Å²) in [7, 11) is 2.14. The highest BCUT2D eigenvalue weighted by Crippen LogP contribution is 2.34. The van der Waals surface area contributed by atoms with Crippen molar-refractivity contribution in [2.24, 2.45) is 7.05 Å². The van der Waals surface area contributed by atoms with Crippen LogP contribution in [-0.2, 0) is 7.05 Å². The monoisotopic (exact) mass is 361 g/mol. The molecule has 28 heavy (non-hydrogen) atoms. The van der Waals surface area contributed by atoms with E-state index in [1.807, 2.05) is 6.07 Å². The predicted octanol–water partition coefficient (Wildman–Crippen LogP) is 5.82. The maximum absolute atomic E-state index is 6.31. The molecule has 0 spiro atoms. The summed E-state index contributed by atoms with van der Waals surface area (Å²) in [6.07, 6.45) is 0. The number of hydrogen-bond donors (Lipinski definition) is 1. The first-order valence-electron chi connectivity index (χ1n) is 9.48. The van der Waals surface area contributed by atoms with Crippen molar-refractivity contribution in [3.8, 4) is 11.1 Å². The molecule has 2 N–H and O–H groups in total. The standard InChI is InChI=1S/C25H19N3/c1-27-22-8-4-2-6-18(22)20-12-10-17(15-25(20)27)16-11-13-24-21(14-16)19-7-3-5-9-23(19)28(24)26/h2-15H,26H2,1H3. The van der Waals surface area contributed by atoms with Crippen LogP contribution in [0.5, 0.6) is 0 Å². The van der Waals surface area contributed by atoms with Crippen LogP contribution in [0.1, 0.15) is 0 Å². The normalized spacial score (nSPS) is 11.9. The van der Waals surface area contributed by atoms with Crippen molar-refractivity contribution in [1.29, 1.82) is 0 Å². The summed E-state index contributed by atoms with van der Waals surface area (Å²) in [6, 6.07) is 30.2. The van der Waals surface area contributed by atoms with E-state index in [4.69, 9.17) is 5.84 Å². The van der Waals surface area contributed by atoms with Crippen LogP contribution in [0.25, 0.3) is 54.7 Å². The fraction of sp³-hybridized carbons (Fsp3) is 0.0400. The van der Waals surface area contributed by atoms with Gasteiger partial charge < -0.3 is 10.4 Å². The number of fused-ring (bicyclic) bond motifs is 6.